The monoisotopic (exact) mass is 319 g/mol. The highest BCUT2D eigenvalue weighted by atomic mass is 16.3. The molecule has 0 heterocycles. The average molecular weight is 319 g/mol. The second kappa shape index (κ2) is 5.31. The van der Waals surface area contributed by atoms with E-state index in [0.29, 0.717) is 17.3 Å². The van der Waals surface area contributed by atoms with Gasteiger partial charge in [-0.2, -0.15) is 0 Å². The van der Waals surface area contributed by atoms with Crippen LogP contribution in [0.3, 0.4) is 0 Å². The lowest BCUT2D eigenvalue weighted by Crippen LogP contribution is -2.53. The van der Waals surface area contributed by atoms with Gasteiger partial charge in [-0.1, -0.05) is 25.5 Å². The van der Waals surface area contributed by atoms with Gasteiger partial charge in [0.05, 0.1) is 12.2 Å². The number of allylic oxidation sites excluding steroid dienone is 1. The van der Waals surface area contributed by atoms with E-state index in [9.17, 15) is 10.2 Å². The first kappa shape index (κ1) is 16.1. The van der Waals surface area contributed by atoms with Crippen LogP contribution in [0.15, 0.2) is 11.6 Å². The summed E-state index contributed by atoms with van der Waals surface area (Å²) in [5.41, 5.74) is 2.07. The molecule has 3 nitrogen and oxygen atoms in total. The molecule has 130 valence electrons. The molecule has 0 aromatic heterocycles. The summed E-state index contributed by atoms with van der Waals surface area (Å²) in [4.78, 5) is 0. The highest BCUT2D eigenvalue weighted by Gasteiger charge is 2.60. The zero-order valence-corrected chi connectivity index (χ0v) is 14.9. The minimum absolute atomic E-state index is 0.123. The van der Waals surface area contributed by atoms with Gasteiger partial charge >= 0.3 is 0 Å². The summed E-state index contributed by atoms with van der Waals surface area (Å²) in [6, 6.07) is 0.250. The quantitative estimate of drug-likeness (QED) is 0.652. The fourth-order valence-electron chi connectivity index (χ4n) is 7.18. The van der Waals surface area contributed by atoms with Crippen molar-refractivity contribution in [3.05, 3.63) is 11.6 Å². The molecule has 0 saturated heterocycles. The van der Waals surface area contributed by atoms with Crippen molar-refractivity contribution in [2.24, 2.45) is 28.6 Å². The van der Waals surface area contributed by atoms with Crippen molar-refractivity contribution < 1.29 is 10.2 Å². The van der Waals surface area contributed by atoms with Crippen molar-refractivity contribution in [3.8, 4) is 0 Å². The van der Waals surface area contributed by atoms with Crippen LogP contribution in [0, 0.1) is 28.6 Å². The van der Waals surface area contributed by atoms with E-state index in [1.807, 2.05) is 7.05 Å². The third-order valence-electron chi connectivity index (χ3n) is 8.42. The lowest BCUT2D eigenvalue weighted by atomic mass is 9.48. The standard InChI is InChI=1S/C20H33NO2/c1-19-8-6-13(22)10-12(19)4-5-14-15(19)7-9-20(2)16(14)11-17(23)18(20)21-3/h4,13-18,21-23H,5-11H2,1-3H3/t13?,14-,15-,16+,17?,18?,19+,20+/m1/s1. The van der Waals surface area contributed by atoms with Crippen molar-refractivity contribution in [1.29, 1.82) is 0 Å². The molecule has 3 heteroatoms. The van der Waals surface area contributed by atoms with E-state index in [4.69, 9.17) is 0 Å². The first-order valence-corrected chi connectivity index (χ1v) is 9.63. The molecule has 3 N–H and O–H groups in total. The molecule has 0 spiro atoms. The van der Waals surface area contributed by atoms with E-state index in [0.717, 1.165) is 38.0 Å². The molecule has 0 aromatic carbocycles. The summed E-state index contributed by atoms with van der Waals surface area (Å²) >= 11 is 0. The molecule has 0 bridgehead atoms. The van der Waals surface area contributed by atoms with Gasteiger partial charge in [0.25, 0.3) is 0 Å². The number of hydrogen-bond acceptors (Lipinski definition) is 3. The fraction of sp³-hybridized carbons (Fsp3) is 0.900. The van der Waals surface area contributed by atoms with E-state index < -0.39 is 0 Å². The van der Waals surface area contributed by atoms with E-state index in [-0.39, 0.29) is 23.7 Å². The Morgan fingerprint density at radius 3 is 2.65 bits per heavy atom. The lowest BCUT2D eigenvalue weighted by Gasteiger charge is -2.57. The maximum Gasteiger partial charge on any atom is 0.0701 e. The summed E-state index contributed by atoms with van der Waals surface area (Å²) < 4.78 is 0. The van der Waals surface area contributed by atoms with Gasteiger partial charge in [-0.15, -0.1) is 0 Å². The smallest absolute Gasteiger partial charge is 0.0701 e. The van der Waals surface area contributed by atoms with Crippen LogP contribution in [-0.4, -0.2) is 35.5 Å². The van der Waals surface area contributed by atoms with Crippen molar-refractivity contribution >= 4 is 0 Å². The topological polar surface area (TPSA) is 52.5 Å². The molecular weight excluding hydrogens is 286 g/mol. The minimum Gasteiger partial charge on any atom is -0.393 e. The number of fused-ring (bicyclic) bond motifs is 5. The Kier molecular flexibility index (Phi) is 3.72. The molecule has 0 aliphatic heterocycles. The molecule has 23 heavy (non-hydrogen) atoms. The normalized spacial score (nSPS) is 55.6. The van der Waals surface area contributed by atoms with Gasteiger partial charge in [-0.25, -0.2) is 0 Å². The molecule has 3 saturated carbocycles. The van der Waals surface area contributed by atoms with E-state index in [2.05, 4.69) is 25.2 Å². The number of likely N-dealkylation sites (N-methyl/N-ethyl adjacent to an activating group) is 1. The van der Waals surface area contributed by atoms with Crippen LogP contribution < -0.4 is 5.32 Å². The fourth-order valence-corrected chi connectivity index (χ4v) is 7.18. The van der Waals surface area contributed by atoms with E-state index in [1.54, 1.807) is 0 Å². The Labute approximate surface area is 140 Å². The molecule has 4 aliphatic rings. The van der Waals surface area contributed by atoms with Gasteiger partial charge in [0.1, 0.15) is 0 Å². The summed E-state index contributed by atoms with van der Waals surface area (Å²) in [7, 11) is 2.01. The zero-order valence-electron chi connectivity index (χ0n) is 14.9. The van der Waals surface area contributed by atoms with Crippen LogP contribution in [-0.2, 0) is 0 Å². The van der Waals surface area contributed by atoms with Crippen molar-refractivity contribution in [1.82, 2.24) is 5.32 Å². The van der Waals surface area contributed by atoms with Crippen molar-refractivity contribution in [2.45, 2.75) is 77.0 Å². The van der Waals surface area contributed by atoms with Crippen LogP contribution in [0.5, 0.6) is 0 Å². The summed E-state index contributed by atoms with van der Waals surface area (Å²) in [6.45, 7) is 4.88. The van der Waals surface area contributed by atoms with Crippen LogP contribution in [0.25, 0.3) is 0 Å². The highest BCUT2D eigenvalue weighted by molar-refractivity contribution is 5.26. The Morgan fingerprint density at radius 2 is 1.91 bits per heavy atom. The molecular formula is C20H33NO2. The van der Waals surface area contributed by atoms with Crippen LogP contribution in [0.1, 0.15) is 58.8 Å². The van der Waals surface area contributed by atoms with Gasteiger partial charge in [0.2, 0.25) is 0 Å². The molecule has 0 aromatic rings. The molecule has 3 fully saturated rings. The number of hydrogen-bond donors (Lipinski definition) is 3. The van der Waals surface area contributed by atoms with Gasteiger partial charge in [-0.3, -0.25) is 0 Å². The van der Waals surface area contributed by atoms with Crippen molar-refractivity contribution in [2.75, 3.05) is 7.05 Å². The highest BCUT2D eigenvalue weighted by Crippen LogP contribution is 2.64. The molecule has 0 radical (unpaired) electrons. The molecule has 8 atom stereocenters. The second-order valence-electron chi connectivity index (χ2n) is 9.27. The van der Waals surface area contributed by atoms with Gasteiger partial charge in [0, 0.05) is 6.04 Å². The maximum atomic E-state index is 10.6. The molecule has 4 aliphatic carbocycles. The Balaban J connectivity index is 1.67. The van der Waals surface area contributed by atoms with Crippen LogP contribution >= 0.6 is 0 Å². The summed E-state index contributed by atoms with van der Waals surface area (Å²) in [6.07, 6.45) is 9.78. The molecule has 0 amide bonds. The van der Waals surface area contributed by atoms with Crippen LogP contribution in [0.4, 0.5) is 0 Å². The second-order valence-corrected chi connectivity index (χ2v) is 9.27. The largest absolute Gasteiger partial charge is 0.393 e. The maximum absolute atomic E-state index is 10.6. The molecule has 4 rings (SSSR count). The zero-order chi connectivity index (χ0) is 16.4. The first-order valence-electron chi connectivity index (χ1n) is 9.63. The van der Waals surface area contributed by atoms with Crippen LogP contribution in [0.2, 0.25) is 0 Å². The van der Waals surface area contributed by atoms with E-state index >= 15 is 0 Å². The number of aliphatic hydroxyl groups excluding tert-OH is 2. The number of rotatable bonds is 1. The van der Waals surface area contributed by atoms with Gasteiger partial charge in [0.15, 0.2) is 0 Å². The molecule has 3 unspecified atom stereocenters. The lowest BCUT2D eigenvalue weighted by molar-refractivity contribution is -0.0432. The van der Waals surface area contributed by atoms with E-state index in [1.165, 1.54) is 18.4 Å². The van der Waals surface area contributed by atoms with Gasteiger partial charge in [-0.05, 0) is 80.6 Å². The van der Waals surface area contributed by atoms with Gasteiger partial charge < -0.3 is 15.5 Å². The third kappa shape index (κ3) is 2.12. The average Bonchev–Trinajstić information content (AvgIpc) is 2.77. The Hall–Kier alpha value is -0.380. The summed E-state index contributed by atoms with van der Waals surface area (Å²) in [5.74, 6) is 2.09. The SMILES string of the molecule is CNC1C(O)C[C@H]2[C@@H]3CC=C4CC(O)CC[C@]4(C)[C@@H]3CC[C@]12C. The Morgan fingerprint density at radius 1 is 1.13 bits per heavy atom. The Bertz CT molecular complexity index is 518. The predicted octanol–water partition coefficient (Wildman–Crippen LogP) is 2.87. The first-order chi connectivity index (χ1) is 10.9. The summed E-state index contributed by atoms with van der Waals surface area (Å²) in [5, 5.41) is 24.1. The minimum atomic E-state index is -0.194. The van der Waals surface area contributed by atoms with Crippen molar-refractivity contribution in [3.63, 3.8) is 0 Å². The predicted molar refractivity (Wildman–Crippen MR) is 91.9 cm³/mol. The third-order valence-corrected chi connectivity index (χ3v) is 8.42. The number of nitrogens with one attached hydrogen (secondary N) is 1. The number of aliphatic hydroxyl groups is 2.